The van der Waals surface area contributed by atoms with Gasteiger partial charge in [-0.05, 0) is 18.5 Å². The summed E-state index contributed by atoms with van der Waals surface area (Å²) in [6.07, 6.45) is 1.67. The summed E-state index contributed by atoms with van der Waals surface area (Å²) in [6, 6.07) is 8.02. The van der Waals surface area contributed by atoms with Gasteiger partial charge in [-0.25, -0.2) is 4.40 Å². The average molecular weight is 285 g/mol. The summed E-state index contributed by atoms with van der Waals surface area (Å²) >= 11 is 6.24. The van der Waals surface area contributed by atoms with Crippen LogP contribution < -0.4 is 0 Å². The smallest absolute Gasteiger partial charge is 0.212 e. The molecule has 0 saturated heterocycles. The van der Waals surface area contributed by atoms with E-state index in [-0.39, 0.29) is 0 Å². The van der Waals surface area contributed by atoms with Crippen molar-refractivity contribution >= 4 is 28.3 Å². The number of benzene rings is 1. The topological polar surface area (TPSA) is 71.8 Å². The highest BCUT2D eigenvalue weighted by molar-refractivity contribution is 6.29. The number of hydrogen-bond donors (Lipinski definition) is 1. The molecule has 4 aromatic rings. The number of aromatic nitrogens is 6. The van der Waals surface area contributed by atoms with Crippen molar-refractivity contribution in [3.8, 4) is 11.4 Å². The van der Waals surface area contributed by atoms with E-state index >= 15 is 0 Å². The first-order valence-electron chi connectivity index (χ1n) is 6.05. The van der Waals surface area contributed by atoms with Crippen LogP contribution >= 0.6 is 11.6 Å². The summed E-state index contributed by atoms with van der Waals surface area (Å²) < 4.78 is 1.73. The maximum atomic E-state index is 6.24. The van der Waals surface area contributed by atoms with Crippen LogP contribution in [-0.4, -0.2) is 29.8 Å². The standard InChI is InChI=1S/C13H9ClN6/c1-7-2-4-8(5-3-7)11-18-19-12-9-6-15-17-10(9)16-13(14)20(11)12/h2-6H,1H3,(H,15,17). The molecule has 7 heteroatoms. The fraction of sp³-hybridized carbons (Fsp3) is 0.0769. The third-order valence-electron chi connectivity index (χ3n) is 3.22. The van der Waals surface area contributed by atoms with Crippen molar-refractivity contribution in [2.24, 2.45) is 0 Å². The lowest BCUT2D eigenvalue weighted by molar-refractivity contribution is 1.06. The minimum absolute atomic E-state index is 0.303. The zero-order valence-corrected chi connectivity index (χ0v) is 11.3. The lowest BCUT2D eigenvalue weighted by Crippen LogP contribution is -1.95. The molecule has 6 nitrogen and oxygen atoms in total. The Morgan fingerprint density at radius 1 is 1.15 bits per heavy atom. The Balaban J connectivity index is 2.08. The molecule has 1 N–H and O–H groups in total. The van der Waals surface area contributed by atoms with Gasteiger partial charge in [0.15, 0.2) is 17.1 Å². The van der Waals surface area contributed by atoms with E-state index < -0.39 is 0 Å². The summed E-state index contributed by atoms with van der Waals surface area (Å²) in [5.74, 6) is 0.667. The number of hydrogen-bond acceptors (Lipinski definition) is 4. The number of halogens is 1. The van der Waals surface area contributed by atoms with Crippen LogP contribution in [0.2, 0.25) is 5.28 Å². The van der Waals surface area contributed by atoms with E-state index in [1.807, 2.05) is 31.2 Å². The van der Waals surface area contributed by atoms with E-state index in [1.54, 1.807) is 10.6 Å². The van der Waals surface area contributed by atoms with Crippen LogP contribution in [0.3, 0.4) is 0 Å². The predicted molar refractivity (Wildman–Crippen MR) is 75.6 cm³/mol. The second kappa shape index (κ2) is 4.01. The molecule has 0 unspecified atom stereocenters. The molecule has 4 rings (SSSR count). The molecule has 3 aromatic heterocycles. The Bertz CT molecular complexity index is 921. The number of nitrogens with zero attached hydrogens (tertiary/aromatic N) is 5. The molecule has 20 heavy (non-hydrogen) atoms. The van der Waals surface area contributed by atoms with Crippen LogP contribution in [0.15, 0.2) is 30.5 Å². The predicted octanol–water partition coefficient (Wildman–Crippen LogP) is 2.63. The van der Waals surface area contributed by atoms with Gasteiger partial charge in [0.1, 0.15) is 0 Å². The molecule has 0 bridgehead atoms. The molecule has 0 saturated carbocycles. The molecular weight excluding hydrogens is 276 g/mol. The molecule has 0 aliphatic carbocycles. The minimum atomic E-state index is 0.303. The fourth-order valence-corrected chi connectivity index (χ4v) is 2.44. The van der Waals surface area contributed by atoms with Crippen LogP contribution in [0.4, 0.5) is 0 Å². The Hall–Kier alpha value is -2.47. The third kappa shape index (κ3) is 1.51. The summed E-state index contributed by atoms with van der Waals surface area (Å²) in [5, 5.41) is 16.3. The van der Waals surface area contributed by atoms with Crippen molar-refractivity contribution in [2.75, 3.05) is 0 Å². The van der Waals surface area contributed by atoms with Crippen molar-refractivity contribution in [3.05, 3.63) is 41.3 Å². The monoisotopic (exact) mass is 284 g/mol. The van der Waals surface area contributed by atoms with Crippen molar-refractivity contribution in [1.29, 1.82) is 0 Å². The number of fused-ring (bicyclic) bond motifs is 3. The number of aryl methyl sites for hydroxylation is 1. The van der Waals surface area contributed by atoms with Crippen molar-refractivity contribution in [1.82, 2.24) is 29.8 Å². The third-order valence-corrected chi connectivity index (χ3v) is 3.48. The van der Waals surface area contributed by atoms with Gasteiger partial charge in [0.2, 0.25) is 5.28 Å². The molecule has 0 fully saturated rings. The molecule has 3 heterocycles. The summed E-state index contributed by atoms with van der Waals surface area (Å²) in [7, 11) is 0. The molecule has 0 amide bonds. The average Bonchev–Trinajstić information content (AvgIpc) is 3.05. The zero-order valence-electron chi connectivity index (χ0n) is 10.5. The van der Waals surface area contributed by atoms with Gasteiger partial charge in [-0.15, -0.1) is 10.2 Å². The molecular formula is C13H9ClN6. The van der Waals surface area contributed by atoms with Gasteiger partial charge in [0.25, 0.3) is 0 Å². The SMILES string of the molecule is Cc1ccc(-c2nnc3c4cn[nH]c4nc(Cl)n23)cc1. The maximum Gasteiger partial charge on any atom is 0.212 e. The van der Waals surface area contributed by atoms with Gasteiger partial charge in [-0.3, -0.25) is 5.10 Å². The zero-order chi connectivity index (χ0) is 13.7. The van der Waals surface area contributed by atoms with E-state index in [1.165, 1.54) is 5.56 Å². The summed E-state index contributed by atoms with van der Waals surface area (Å²) in [5.41, 5.74) is 3.37. The lowest BCUT2D eigenvalue weighted by atomic mass is 10.1. The van der Waals surface area contributed by atoms with Crippen LogP contribution in [0.25, 0.3) is 28.1 Å². The van der Waals surface area contributed by atoms with Crippen molar-refractivity contribution in [2.45, 2.75) is 6.92 Å². The first kappa shape index (κ1) is 11.4. The van der Waals surface area contributed by atoms with Gasteiger partial charge < -0.3 is 0 Å². The highest BCUT2D eigenvalue weighted by atomic mass is 35.5. The molecule has 0 aliphatic rings. The number of H-pyrrole nitrogens is 1. The summed E-state index contributed by atoms with van der Waals surface area (Å²) in [4.78, 5) is 4.27. The second-order valence-electron chi connectivity index (χ2n) is 4.56. The van der Waals surface area contributed by atoms with Gasteiger partial charge >= 0.3 is 0 Å². The fourth-order valence-electron chi connectivity index (χ4n) is 2.19. The van der Waals surface area contributed by atoms with E-state index in [9.17, 15) is 0 Å². The van der Waals surface area contributed by atoms with Crippen LogP contribution in [-0.2, 0) is 0 Å². The van der Waals surface area contributed by atoms with E-state index in [2.05, 4.69) is 25.4 Å². The molecule has 0 aliphatic heterocycles. The van der Waals surface area contributed by atoms with E-state index in [0.29, 0.717) is 22.4 Å². The lowest BCUT2D eigenvalue weighted by Gasteiger charge is -2.02. The minimum Gasteiger partial charge on any atom is -0.261 e. The molecule has 0 spiro atoms. The maximum absolute atomic E-state index is 6.24. The van der Waals surface area contributed by atoms with Gasteiger partial charge in [-0.1, -0.05) is 29.8 Å². The van der Waals surface area contributed by atoms with Crippen LogP contribution in [0.1, 0.15) is 5.56 Å². The molecule has 1 aromatic carbocycles. The number of rotatable bonds is 1. The normalized spacial score (nSPS) is 11.5. The van der Waals surface area contributed by atoms with E-state index in [0.717, 1.165) is 10.9 Å². The Labute approximate surface area is 118 Å². The van der Waals surface area contributed by atoms with Crippen LogP contribution in [0, 0.1) is 6.92 Å². The highest BCUT2D eigenvalue weighted by Crippen LogP contribution is 2.25. The number of nitrogens with one attached hydrogen (secondary N) is 1. The van der Waals surface area contributed by atoms with Crippen molar-refractivity contribution < 1.29 is 0 Å². The Morgan fingerprint density at radius 2 is 1.95 bits per heavy atom. The molecule has 0 radical (unpaired) electrons. The van der Waals surface area contributed by atoms with Gasteiger partial charge in [-0.2, -0.15) is 10.1 Å². The van der Waals surface area contributed by atoms with Gasteiger partial charge in [0, 0.05) is 5.56 Å². The second-order valence-corrected chi connectivity index (χ2v) is 4.90. The largest absolute Gasteiger partial charge is 0.261 e. The summed E-state index contributed by atoms with van der Waals surface area (Å²) in [6.45, 7) is 2.04. The quantitative estimate of drug-likeness (QED) is 0.545. The van der Waals surface area contributed by atoms with Crippen molar-refractivity contribution in [3.63, 3.8) is 0 Å². The molecule has 98 valence electrons. The molecule has 0 atom stereocenters. The van der Waals surface area contributed by atoms with E-state index in [4.69, 9.17) is 11.6 Å². The highest BCUT2D eigenvalue weighted by Gasteiger charge is 2.15. The Kier molecular flexibility index (Phi) is 2.28. The first-order chi connectivity index (χ1) is 9.74. The number of aromatic amines is 1. The van der Waals surface area contributed by atoms with Gasteiger partial charge in [0.05, 0.1) is 11.6 Å². The van der Waals surface area contributed by atoms with Crippen LogP contribution in [0.5, 0.6) is 0 Å². The first-order valence-corrected chi connectivity index (χ1v) is 6.42. The Morgan fingerprint density at radius 3 is 2.75 bits per heavy atom.